The first-order chi connectivity index (χ1) is 12.5. The highest BCUT2D eigenvalue weighted by Crippen LogP contribution is 2.25. The fourth-order valence-electron chi connectivity index (χ4n) is 2.94. The Morgan fingerprint density at radius 2 is 1.56 bits per heavy atom. The minimum atomic E-state index is -3.55. The van der Waals surface area contributed by atoms with Crippen LogP contribution in [0.5, 0.6) is 17.2 Å². The van der Waals surface area contributed by atoms with Crippen LogP contribution in [0.25, 0.3) is 0 Å². The van der Waals surface area contributed by atoms with Gasteiger partial charge in [0.05, 0.1) is 12.0 Å². The van der Waals surface area contributed by atoms with Gasteiger partial charge < -0.3 is 14.8 Å². The number of ether oxygens (including phenoxy) is 2. The van der Waals surface area contributed by atoms with Gasteiger partial charge in [0.25, 0.3) is 0 Å². The summed E-state index contributed by atoms with van der Waals surface area (Å²) in [6, 6.07) is 13.6. The third-order valence-electron chi connectivity index (χ3n) is 4.50. The molecule has 2 unspecified atom stereocenters. The summed E-state index contributed by atoms with van der Waals surface area (Å²) in [5.41, 5.74) is 0. The molecular formula is C19H25ClN2O4S. The molecule has 2 aromatic rings. The lowest BCUT2D eigenvalue weighted by Gasteiger charge is -2.30. The molecular weight excluding hydrogens is 388 g/mol. The smallest absolute Gasteiger partial charge is 0.240 e. The summed E-state index contributed by atoms with van der Waals surface area (Å²) < 4.78 is 38.8. The summed E-state index contributed by atoms with van der Waals surface area (Å²) in [6.07, 6.45) is 1.80. The molecule has 0 amide bonds. The SMILES string of the molecule is COc1ccc(Oc2ccc(S(=O)(=O)NC3CCCNC3C)cc2)cc1.Cl. The van der Waals surface area contributed by atoms with Crippen molar-refractivity contribution in [1.82, 2.24) is 10.0 Å². The highest BCUT2D eigenvalue weighted by molar-refractivity contribution is 7.89. The summed E-state index contributed by atoms with van der Waals surface area (Å²) in [4.78, 5) is 0.234. The Labute approximate surface area is 166 Å². The lowest BCUT2D eigenvalue weighted by molar-refractivity contribution is 0.349. The second-order valence-corrected chi connectivity index (χ2v) is 8.08. The summed E-state index contributed by atoms with van der Waals surface area (Å²) in [5.74, 6) is 1.97. The second kappa shape index (κ2) is 9.41. The van der Waals surface area contributed by atoms with Crippen LogP contribution >= 0.6 is 12.4 Å². The minimum absolute atomic E-state index is 0. The van der Waals surface area contributed by atoms with Crippen molar-refractivity contribution in [2.75, 3.05) is 13.7 Å². The number of rotatable bonds is 6. The number of halogens is 1. The molecule has 1 aliphatic heterocycles. The highest BCUT2D eigenvalue weighted by Gasteiger charge is 2.26. The predicted molar refractivity (Wildman–Crippen MR) is 108 cm³/mol. The molecule has 8 heteroatoms. The third kappa shape index (κ3) is 5.59. The number of nitrogens with one attached hydrogen (secondary N) is 2. The Morgan fingerprint density at radius 1 is 1.00 bits per heavy atom. The lowest BCUT2D eigenvalue weighted by atomic mass is 10.0. The van der Waals surface area contributed by atoms with Crippen LogP contribution in [0.4, 0.5) is 0 Å². The zero-order valence-corrected chi connectivity index (χ0v) is 17.0. The van der Waals surface area contributed by atoms with E-state index in [1.54, 1.807) is 55.6 Å². The summed E-state index contributed by atoms with van der Waals surface area (Å²) in [5, 5.41) is 3.29. The van der Waals surface area contributed by atoms with Crippen molar-refractivity contribution >= 4 is 22.4 Å². The maximum absolute atomic E-state index is 12.6. The zero-order valence-electron chi connectivity index (χ0n) is 15.3. The standard InChI is InChI=1S/C19H24N2O4S.ClH/c1-14-19(4-3-13-20-14)21-26(22,23)18-11-9-17(10-12-18)25-16-7-5-15(24-2)6-8-16;/h5-12,14,19-21H,3-4,13H2,1-2H3;1H. The van der Waals surface area contributed by atoms with Gasteiger partial charge in [0.15, 0.2) is 0 Å². The van der Waals surface area contributed by atoms with E-state index in [9.17, 15) is 8.42 Å². The van der Waals surface area contributed by atoms with Gasteiger partial charge in [-0.3, -0.25) is 0 Å². The van der Waals surface area contributed by atoms with Gasteiger partial charge in [-0.05, 0) is 74.8 Å². The van der Waals surface area contributed by atoms with Crippen molar-refractivity contribution < 1.29 is 17.9 Å². The van der Waals surface area contributed by atoms with E-state index in [0.717, 1.165) is 25.1 Å². The van der Waals surface area contributed by atoms with Crippen molar-refractivity contribution in [3.8, 4) is 17.2 Å². The van der Waals surface area contributed by atoms with Crippen LogP contribution in [-0.4, -0.2) is 34.2 Å². The quantitative estimate of drug-likeness (QED) is 0.761. The minimum Gasteiger partial charge on any atom is -0.497 e. The molecule has 2 N–H and O–H groups in total. The fraction of sp³-hybridized carbons (Fsp3) is 0.368. The number of sulfonamides is 1. The number of hydrogen-bond acceptors (Lipinski definition) is 5. The average Bonchev–Trinajstić information content (AvgIpc) is 2.65. The van der Waals surface area contributed by atoms with Gasteiger partial charge in [-0.15, -0.1) is 12.4 Å². The molecule has 1 aliphatic rings. The molecule has 1 heterocycles. The molecule has 0 spiro atoms. The molecule has 148 valence electrons. The lowest BCUT2D eigenvalue weighted by Crippen LogP contribution is -2.51. The van der Waals surface area contributed by atoms with Crippen molar-refractivity contribution in [1.29, 1.82) is 0 Å². The molecule has 3 rings (SSSR count). The Bertz CT molecular complexity index is 826. The molecule has 27 heavy (non-hydrogen) atoms. The Kier molecular flexibility index (Phi) is 7.49. The van der Waals surface area contributed by atoms with Crippen LogP contribution < -0.4 is 19.5 Å². The van der Waals surface area contributed by atoms with Gasteiger partial charge in [0, 0.05) is 12.1 Å². The van der Waals surface area contributed by atoms with Gasteiger partial charge in [-0.1, -0.05) is 0 Å². The first kappa shape index (κ1) is 21.5. The van der Waals surface area contributed by atoms with Crippen LogP contribution in [0.15, 0.2) is 53.4 Å². The molecule has 2 aromatic carbocycles. The van der Waals surface area contributed by atoms with Crippen LogP contribution in [0.3, 0.4) is 0 Å². The number of methoxy groups -OCH3 is 1. The topological polar surface area (TPSA) is 76.7 Å². The van der Waals surface area contributed by atoms with Gasteiger partial charge in [-0.25, -0.2) is 13.1 Å². The van der Waals surface area contributed by atoms with Crippen molar-refractivity contribution in [3.05, 3.63) is 48.5 Å². The first-order valence-electron chi connectivity index (χ1n) is 8.65. The van der Waals surface area contributed by atoms with Crippen molar-refractivity contribution in [2.24, 2.45) is 0 Å². The molecule has 1 fully saturated rings. The van der Waals surface area contributed by atoms with E-state index in [1.807, 2.05) is 6.92 Å². The Balaban J connectivity index is 0.00000261. The third-order valence-corrected chi connectivity index (χ3v) is 6.00. The van der Waals surface area contributed by atoms with E-state index in [1.165, 1.54) is 0 Å². The molecule has 0 radical (unpaired) electrons. The molecule has 0 aliphatic carbocycles. The number of benzene rings is 2. The monoisotopic (exact) mass is 412 g/mol. The Morgan fingerprint density at radius 3 is 2.11 bits per heavy atom. The van der Waals surface area contributed by atoms with Gasteiger partial charge in [-0.2, -0.15) is 0 Å². The van der Waals surface area contributed by atoms with Crippen LogP contribution in [0.1, 0.15) is 19.8 Å². The second-order valence-electron chi connectivity index (χ2n) is 6.36. The summed E-state index contributed by atoms with van der Waals surface area (Å²) in [6.45, 7) is 2.93. The van der Waals surface area contributed by atoms with Gasteiger partial charge in [0.2, 0.25) is 10.0 Å². The molecule has 6 nitrogen and oxygen atoms in total. The largest absolute Gasteiger partial charge is 0.497 e. The normalized spacial score (nSPS) is 19.8. The Hall–Kier alpha value is -1.80. The maximum Gasteiger partial charge on any atom is 0.240 e. The van der Waals surface area contributed by atoms with E-state index in [4.69, 9.17) is 9.47 Å². The van der Waals surface area contributed by atoms with Gasteiger partial charge in [0.1, 0.15) is 17.2 Å². The molecule has 0 aromatic heterocycles. The molecule has 0 saturated carbocycles. The van der Waals surface area contributed by atoms with E-state index >= 15 is 0 Å². The van der Waals surface area contributed by atoms with Crippen LogP contribution in [0.2, 0.25) is 0 Å². The van der Waals surface area contributed by atoms with Crippen molar-refractivity contribution in [3.63, 3.8) is 0 Å². The van der Waals surface area contributed by atoms with E-state index in [2.05, 4.69) is 10.0 Å². The van der Waals surface area contributed by atoms with E-state index in [0.29, 0.717) is 11.5 Å². The highest BCUT2D eigenvalue weighted by atomic mass is 35.5. The summed E-state index contributed by atoms with van der Waals surface area (Å²) in [7, 11) is -1.95. The van der Waals surface area contributed by atoms with E-state index < -0.39 is 10.0 Å². The average molecular weight is 413 g/mol. The van der Waals surface area contributed by atoms with E-state index in [-0.39, 0.29) is 29.4 Å². The molecule has 1 saturated heterocycles. The molecule has 2 atom stereocenters. The number of hydrogen-bond donors (Lipinski definition) is 2. The van der Waals surface area contributed by atoms with Crippen LogP contribution in [-0.2, 0) is 10.0 Å². The zero-order chi connectivity index (χ0) is 18.6. The fourth-order valence-corrected chi connectivity index (χ4v) is 4.29. The summed E-state index contributed by atoms with van der Waals surface area (Å²) >= 11 is 0. The van der Waals surface area contributed by atoms with Crippen molar-refractivity contribution in [2.45, 2.75) is 36.7 Å². The predicted octanol–water partition coefficient (Wildman–Crippen LogP) is 3.33. The maximum atomic E-state index is 12.6. The van der Waals surface area contributed by atoms with Gasteiger partial charge >= 0.3 is 0 Å². The van der Waals surface area contributed by atoms with Crippen LogP contribution in [0, 0.1) is 0 Å². The number of piperidine rings is 1. The molecule has 0 bridgehead atoms. The first-order valence-corrected chi connectivity index (χ1v) is 10.1.